The first-order valence-electron chi connectivity index (χ1n) is 7.88. The maximum atomic E-state index is 10.9. The van der Waals surface area contributed by atoms with E-state index in [1.165, 1.54) is 24.2 Å². The molecule has 0 aromatic heterocycles. The Morgan fingerprint density at radius 1 is 1.27 bits per heavy atom. The second-order valence-electron chi connectivity index (χ2n) is 5.83. The third-order valence-corrected chi connectivity index (χ3v) is 5.02. The molecular weight excluding hydrogens is 298 g/mol. The van der Waals surface area contributed by atoms with E-state index in [-0.39, 0.29) is 5.12 Å². The minimum absolute atomic E-state index is 0.0352. The van der Waals surface area contributed by atoms with Crippen molar-refractivity contribution in [3.8, 4) is 0 Å². The molecule has 1 saturated heterocycles. The average molecular weight is 323 g/mol. The minimum Gasteiger partial charge on any atom is -0.390 e. The fourth-order valence-electron chi connectivity index (χ4n) is 2.82. The zero-order valence-corrected chi connectivity index (χ0v) is 13.8. The molecule has 0 amide bonds. The van der Waals surface area contributed by atoms with Crippen LogP contribution in [0.25, 0.3) is 0 Å². The number of thioether (sulfide) groups is 1. The minimum atomic E-state index is -0.894. The number of hydrogen-bond acceptors (Lipinski definition) is 5. The fraction of sp³-hybridized carbons (Fsp3) is 0.588. The number of carbonyl (C=O) groups excluding carboxylic acids is 1. The summed E-state index contributed by atoms with van der Waals surface area (Å²) in [6.07, 6.45) is 0.965. The number of aliphatic hydroxyl groups excluding tert-OH is 2. The van der Waals surface area contributed by atoms with Gasteiger partial charge in [-0.1, -0.05) is 36.0 Å². The summed E-state index contributed by atoms with van der Waals surface area (Å²) in [6.45, 7) is 3.62. The van der Waals surface area contributed by atoms with Crippen molar-refractivity contribution in [3.63, 3.8) is 0 Å². The van der Waals surface area contributed by atoms with Crippen LogP contribution < -0.4 is 5.32 Å². The summed E-state index contributed by atoms with van der Waals surface area (Å²) in [4.78, 5) is 10.9. The van der Waals surface area contributed by atoms with Crippen molar-refractivity contribution in [2.45, 2.75) is 44.3 Å². The number of benzene rings is 1. The highest BCUT2D eigenvalue weighted by Crippen LogP contribution is 2.27. The Morgan fingerprint density at radius 2 is 1.91 bits per heavy atom. The van der Waals surface area contributed by atoms with Crippen LogP contribution in [0.15, 0.2) is 24.3 Å². The molecular formula is C17H25NO3S. The Hall–Kier alpha value is -0.880. The summed E-state index contributed by atoms with van der Waals surface area (Å²) >= 11 is 1.18. The van der Waals surface area contributed by atoms with Gasteiger partial charge in [0, 0.05) is 12.7 Å². The zero-order chi connectivity index (χ0) is 15.9. The number of nitrogens with one attached hydrogen (secondary N) is 1. The van der Waals surface area contributed by atoms with Gasteiger partial charge in [-0.05, 0) is 49.4 Å². The molecule has 1 fully saturated rings. The van der Waals surface area contributed by atoms with Crippen molar-refractivity contribution in [2.75, 3.05) is 18.8 Å². The zero-order valence-electron chi connectivity index (χ0n) is 13.0. The molecule has 2 rings (SSSR count). The summed E-state index contributed by atoms with van der Waals surface area (Å²) in [6, 6.07) is 7.93. The molecule has 0 bridgehead atoms. The maximum absolute atomic E-state index is 10.9. The van der Waals surface area contributed by atoms with Gasteiger partial charge in [-0.3, -0.25) is 4.79 Å². The van der Waals surface area contributed by atoms with Gasteiger partial charge in [-0.15, -0.1) is 0 Å². The molecule has 1 aromatic carbocycles. The predicted octanol–water partition coefficient (Wildman–Crippen LogP) is 2.22. The van der Waals surface area contributed by atoms with E-state index >= 15 is 0 Å². The molecule has 0 radical (unpaired) electrons. The molecule has 0 saturated carbocycles. The van der Waals surface area contributed by atoms with Crippen LogP contribution in [0.2, 0.25) is 0 Å². The molecule has 1 aromatic rings. The second-order valence-corrected chi connectivity index (χ2v) is 7.10. The molecule has 4 nitrogen and oxygen atoms in total. The molecule has 5 heteroatoms. The van der Waals surface area contributed by atoms with Gasteiger partial charge in [0.2, 0.25) is 0 Å². The van der Waals surface area contributed by atoms with Gasteiger partial charge in [0.05, 0.1) is 6.10 Å². The monoisotopic (exact) mass is 323 g/mol. The van der Waals surface area contributed by atoms with E-state index in [1.54, 1.807) is 0 Å². The lowest BCUT2D eigenvalue weighted by atomic mass is 9.89. The number of piperidine rings is 1. The van der Waals surface area contributed by atoms with Crippen LogP contribution in [-0.4, -0.2) is 40.3 Å². The molecule has 1 heterocycles. The highest BCUT2D eigenvalue weighted by atomic mass is 32.2. The first-order valence-corrected chi connectivity index (χ1v) is 8.86. The van der Waals surface area contributed by atoms with Gasteiger partial charge in [-0.2, -0.15) is 0 Å². The number of carbonyl (C=O) groups is 1. The van der Waals surface area contributed by atoms with Crippen LogP contribution in [0.5, 0.6) is 0 Å². The topological polar surface area (TPSA) is 69.6 Å². The normalized spacial score (nSPS) is 18.9. The molecule has 2 atom stereocenters. The SMILES string of the molecule is CC(=O)SCCC(O)C(O)c1ccc(C2CCNCC2)cc1. The summed E-state index contributed by atoms with van der Waals surface area (Å²) in [5.41, 5.74) is 2.04. The molecule has 0 aliphatic carbocycles. The molecule has 2 unspecified atom stereocenters. The summed E-state index contributed by atoms with van der Waals surface area (Å²) in [5.74, 6) is 1.12. The van der Waals surface area contributed by atoms with E-state index in [9.17, 15) is 15.0 Å². The summed E-state index contributed by atoms with van der Waals surface area (Å²) < 4.78 is 0. The molecule has 3 N–H and O–H groups in total. The first kappa shape index (κ1) is 17.5. The summed E-state index contributed by atoms with van der Waals surface area (Å²) in [7, 11) is 0. The summed E-state index contributed by atoms with van der Waals surface area (Å²) in [5, 5.41) is 23.6. The van der Waals surface area contributed by atoms with Crippen LogP contribution in [0, 0.1) is 0 Å². The lowest BCUT2D eigenvalue weighted by molar-refractivity contribution is -0.109. The highest BCUT2D eigenvalue weighted by molar-refractivity contribution is 8.13. The molecule has 1 aliphatic heterocycles. The van der Waals surface area contributed by atoms with Crippen molar-refractivity contribution in [3.05, 3.63) is 35.4 Å². The van der Waals surface area contributed by atoms with Crippen molar-refractivity contribution in [1.82, 2.24) is 5.32 Å². The van der Waals surface area contributed by atoms with Crippen LogP contribution in [0.1, 0.15) is 49.3 Å². The Bertz CT molecular complexity index is 471. The molecule has 22 heavy (non-hydrogen) atoms. The van der Waals surface area contributed by atoms with Crippen LogP contribution in [-0.2, 0) is 4.79 Å². The van der Waals surface area contributed by atoms with Crippen molar-refractivity contribution in [1.29, 1.82) is 0 Å². The smallest absolute Gasteiger partial charge is 0.185 e. The number of aliphatic hydroxyl groups is 2. The van der Waals surface area contributed by atoms with Crippen molar-refractivity contribution >= 4 is 16.9 Å². The third kappa shape index (κ3) is 5.09. The maximum Gasteiger partial charge on any atom is 0.185 e. The van der Waals surface area contributed by atoms with E-state index in [0.717, 1.165) is 31.5 Å². The van der Waals surface area contributed by atoms with Crippen molar-refractivity contribution < 1.29 is 15.0 Å². The molecule has 1 aliphatic rings. The fourth-order valence-corrected chi connectivity index (χ4v) is 3.47. The lowest BCUT2D eigenvalue weighted by Gasteiger charge is -2.24. The first-order chi connectivity index (χ1) is 10.6. The van der Waals surface area contributed by atoms with Gasteiger partial charge in [-0.25, -0.2) is 0 Å². The standard InChI is InChI=1S/C17H25NO3S/c1-12(19)22-11-8-16(20)17(21)15-4-2-13(3-5-15)14-6-9-18-10-7-14/h2-5,14,16-18,20-21H,6-11H2,1H3. The van der Waals surface area contributed by atoms with Gasteiger partial charge in [0.15, 0.2) is 5.12 Å². The van der Waals surface area contributed by atoms with Crippen LogP contribution in [0.3, 0.4) is 0 Å². The Labute approximate surface area is 136 Å². The number of rotatable bonds is 6. The van der Waals surface area contributed by atoms with Crippen molar-refractivity contribution in [2.24, 2.45) is 0 Å². The number of hydrogen-bond donors (Lipinski definition) is 3. The van der Waals surface area contributed by atoms with E-state index in [0.29, 0.717) is 18.1 Å². The van der Waals surface area contributed by atoms with Gasteiger partial charge >= 0.3 is 0 Å². The third-order valence-electron chi connectivity index (χ3n) is 4.17. The second kappa shape index (κ2) is 8.67. The van der Waals surface area contributed by atoms with E-state index < -0.39 is 12.2 Å². The van der Waals surface area contributed by atoms with Crippen LogP contribution >= 0.6 is 11.8 Å². The van der Waals surface area contributed by atoms with E-state index in [1.807, 2.05) is 12.1 Å². The van der Waals surface area contributed by atoms with Gasteiger partial charge in [0.1, 0.15) is 6.10 Å². The molecule has 0 spiro atoms. The van der Waals surface area contributed by atoms with E-state index in [2.05, 4.69) is 17.4 Å². The van der Waals surface area contributed by atoms with Crippen LogP contribution in [0.4, 0.5) is 0 Å². The van der Waals surface area contributed by atoms with Gasteiger partial charge in [0.25, 0.3) is 0 Å². The molecule has 122 valence electrons. The Balaban J connectivity index is 1.89. The van der Waals surface area contributed by atoms with E-state index in [4.69, 9.17) is 0 Å². The quantitative estimate of drug-likeness (QED) is 0.749. The highest BCUT2D eigenvalue weighted by Gasteiger charge is 2.20. The Kier molecular flexibility index (Phi) is 6.89. The lowest BCUT2D eigenvalue weighted by Crippen LogP contribution is -2.26. The predicted molar refractivity (Wildman–Crippen MR) is 90.0 cm³/mol. The average Bonchev–Trinajstić information content (AvgIpc) is 2.54. The largest absolute Gasteiger partial charge is 0.390 e. The van der Waals surface area contributed by atoms with Gasteiger partial charge < -0.3 is 15.5 Å². The Morgan fingerprint density at radius 3 is 2.50 bits per heavy atom.